The Hall–Kier alpha value is -2.74. The lowest BCUT2D eigenvalue weighted by molar-refractivity contribution is -0.139. The maximum atomic E-state index is 12.1. The minimum absolute atomic E-state index is 0.309. The number of benzene rings is 1. The number of nitrogens with zero attached hydrogens (tertiary/aromatic N) is 1. The smallest absolute Gasteiger partial charge is 0.341 e. The summed E-state index contributed by atoms with van der Waals surface area (Å²) in [7, 11) is 1.43. The van der Waals surface area contributed by atoms with Crippen LogP contribution in [0.5, 0.6) is 11.5 Å². The number of imide groups is 1. The number of likely N-dealkylation sites (N-methyl/N-ethyl adjacent to an activating group) is 1. The molecule has 7 nitrogen and oxygen atoms in total. The van der Waals surface area contributed by atoms with Gasteiger partial charge in [-0.15, -0.1) is 6.58 Å². The summed E-state index contributed by atoms with van der Waals surface area (Å²) in [6.07, 6.45) is 3.68. The summed E-state index contributed by atoms with van der Waals surface area (Å²) in [4.78, 5) is 35.9. The molecule has 0 aromatic heterocycles. The number of amides is 2. The predicted molar refractivity (Wildman–Crippen MR) is 98.4 cm³/mol. The Balaban J connectivity index is 2.47. The molecule has 1 aliphatic rings. The van der Waals surface area contributed by atoms with Crippen molar-refractivity contribution in [2.75, 3.05) is 20.3 Å². The number of rotatable bonds is 8. The van der Waals surface area contributed by atoms with Crippen LogP contribution >= 0.6 is 11.8 Å². The van der Waals surface area contributed by atoms with Crippen molar-refractivity contribution in [3.05, 3.63) is 40.8 Å². The molecule has 0 unspecified atom stereocenters. The van der Waals surface area contributed by atoms with Crippen LogP contribution in [0.3, 0.4) is 0 Å². The van der Waals surface area contributed by atoms with E-state index in [0.29, 0.717) is 40.6 Å². The third kappa shape index (κ3) is 4.45. The van der Waals surface area contributed by atoms with E-state index < -0.39 is 12.6 Å². The molecular formula is C18H19NO6S. The first kappa shape index (κ1) is 19.6. The van der Waals surface area contributed by atoms with Crippen LogP contribution in [0.25, 0.3) is 6.08 Å². The highest BCUT2D eigenvalue weighted by Crippen LogP contribution is 2.37. The van der Waals surface area contributed by atoms with Crippen molar-refractivity contribution in [2.24, 2.45) is 0 Å². The first-order chi connectivity index (χ1) is 12.4. The summed E-state index contributed by atoms with van der Waals surface area (Å²) in [5.74, 6) is -0.767. The number of thioether (sulfide) groups is 1. The maximum absolute atomic E-state index is 12.1. The van der Waals surface area contributed by atoms with E-state index in [-0.39, 0.29) is 11.1 Å². The van der Waals surface area contributed by atoms with Crippen LogP contribution < -0.4 is 9.47 Å². The zero-order valence-electron chi connectivity index (χ0n) is 14.5. The molecule has 0 bridgehead atoms. The Labute approximate surface area is 155 Å². The van der Waals surface area contributed by atoms with Gasteiger partial charge in [-0.25, -0.2) is 4.79 Å². The van der Waals surface area contributed by atoms with E-state index in [2.05, 4.69) is 6.58 Å². The fourth-order valence-electron chi connectivity index (χ4n) is 2.33. The number of carbonyl (C=O) groups excluding carboxylic acids is 2. The molecule has 1 heterocycles. The summed E-state index contributed by atoms with van der Waals surface area (Å²) >= 11 is 0.862. The first-order valence-corrected chi connectivity index (χ1v) is 8.65. The van der Waals surface area contributed by atoms with E-state index in [1.807, 2.05) is 0 Å². The maximum Gasteiger partial charge on any atom is 0.341 e. The summed E-state index contributed by atoms with van der Waals surface area (Å²) < 4.78 is 11.0. The van der Waals surface area contributed by atoms with Crippen molar-refractivity contribution in [3.8, 4) is 11.5 Å². The quantitative estimate of drug-likeness (QED) is 0.550. The predicted octanol–water partition coefficient (Wildman–Crippen LogP) is 2.94. The Morgan fingerprint density at radius 2 is 2.08 bits per heavy atom. The normalized spacial score (nSPS) is 15.5. The highest BCUT2D eigenvalue weighted by atomic mass is 32.2. The van der Waals surface area contributed by atoms with Gasteiger partial charge in [-0.3, -0.25) is 14.5 Å². The van der Waals surface area contributed by atoms with Crippen LogP contribution in [0.2, 0.25) is 0 Å². The van der Waals surface area contributed by atoms with E-state index in [0.717, 1.165) is 16.7 Å². The molecular weight excluding hydrogens is 358 g/mol. The molecule has 0 spiro atoms. The third-order valence-electron chi connectivity index (χ3n) is 3.44. The fraction of sp³-hybridized carbons (Fsp3) is 0.278. The lowest BCUT2D eigenvalue weighted by Crippen LogP contribution is -2.22. The van der Waals surface area contributed by atoms with Gasteiger partial charge in [-0.2, -0.15) is 0 Å². The number of ether oxygens (including phenoxy) is 2. The Bertz CT molecular complexity index is 786. The first-order valence-electron chi connectivity index (χ1n) is 7.84. The van der Waals surface area contributed by atoms with Crippen LogP contribution in [0.1, 0.15) is 18.1 Å². The minimum Gasteiger partial charge on any atom is -0.490 e. The molecule has 2 rings (SSSR count). The SMILES string of the molecule is C=CCc1cc(C=C2SC(=O)N(C)C2=O)cc(OCC)c1OCC(=O)O. The minimum atomic E-state index is -1.10. The molecule has 1 saturated heterocycles. The van der Waals surface area contributed by atoms with Crippen LogP contribution in [-0.4, -0.2) is 47.4 Å². The van der Waals surface area contributed by atoms with Gasteiger partial charge < -0.3 is 14.6 Å². The second kappa shape index (κ2) is 8.57. The van der Waals surface area contributed by atoms with Gasteiger partial charge in [0.25, 0.3) is 11.1 Å². The van der Waals surface area contributed by atoms with Crippen molar-refractivity contribution < 1.29 is 29.0 Å². The second-order valence-electron chi connectivity index (χ2n) is 5.36. The Kier molecular flexibility index (Phi) is 6.46. The molecule has 138 valence electrons. The molecule has 0 atom stereocenters. The third-order valence-corrected chi connectivity index (χ3v) is 4.40. The van der Waals surface area contributed by atoms with Gasteiger partial charge in [-0.1, -0.05) is 6.08 Å². The number of carboxylic acids is 1. The van der Waals surface area contributed by atoms with Gasteiger partial charge in [0.05, 0.1) is 11.5 Å². The Morgan fingerprint density at radius 3 is 2.62 bits per heavy atom. The van der Waals surface area contributed by atoms with Crippen molar-refractivity contribution in [2.45, 2.75) is 13.3 Å². The average molecular weight is 377 g/mol. The largest absolute Gasteiger partial charge is 0.490 e. The van der Waals surface area contributed by atoms with Crippen molar-refractivity contribution in [3.63, 3.8) is 0 Å². The Morgan fingerprint density at radius 1 is 1.35 bits per heavy atom. The summed E-state index contributed by atoms with van der Waals surface area (Å²) in [5, 5.41) is 8.53. The summed E-state index contributed by atoms with van der Waals surface area (Å²) in [6, 6.07) is 3.40. The lowest BCUT2D eigenvalue weighted by atomic mass is 10.0. The van der Waals surface area contributed by atoms with Gasteiger partial charge in [0.1, 0.15) is 0 Å². The standard InChI is InChI=1S/C18H19NO6S/c1-4-6-12-7-11(9-14-17(22)19(3)18(23)26-14)8-13(24-5-2)16(12)25-10-15(20)21/h4,7-9H,1,5-6,10H2,2-3H3,(H,20,21). The average Bonchev–Trinajstić information content (AvgIpc) is 2.81. The van der Waals surface area contributed by atoms with E-state index in [9.17, 15) is 14.4 Å². The van der Waals surface area contributed by atoms with Crippen LogP contribution in [-0.2, 0) is 16.0 Å². The van der Waals surface area contributed by atoms with Crippen LogP contribution in [0.4, 0.5) is 4.79 Å². The van der Waals surface area contributed by atoms with E-state index in [1.54, 1.807) is 31.2 Å². The lowest BCUT2D eigenvalue weighted by Gasteiger charge is -2.16. The fourth-order valence-corrected chi connectivity index (χ4v) is 3.16. The number of hydrogen-bond acceptors (Lipinski definition) is 6. The van der Waals surface area contributed by atoms with E-state index >= 15 is 0 Å². The molecule has 1 fully saturated rings. The summed E-state index contributed by atoms with van der Waals surface area (Å²) in [5.41, 5.74) is 1.32. The topological polar surface area (TPSA) is 93.1 Å². The van der Waals surface area contributed by atoms with Crippen LogP contribution in [0, 0.1) is 0 Å². The molecule has 0 radical (unpaired) electrons. The highest BCUT2D eigenvalue weighted by molar-refractivity contribution is 8.18. The second-order valence-corrected chi connectivity index (χ2v) is 6.35. The van der Waals surface area contributed by atoms with Crippen molar-refractivity contribution in [1.29, 1.82) is 0 Å². The number of allylic oxidation sites excluding steroid dienone is 1. The molecule has 0 saturated carbocycles. The van der Waals surface area contributed by atoms with Crippen LogP contribution in [0.15, 0.2) is 29.7 Å². The summed E-state index contributed by atoms with van der Waals surface area (Å²) in [6.45, 7) is 5.34. The van der Waals surface area contributed by atoms with E-state index in [4.69, 9.17) is 14.6 Å². The molecule has 26 heavy (non-hydrogen) atoms. The van der Waals surface area contributed by atoms with E-state index in [1.165, 1.54) is 7.05 Å². The number of carboxylic acid groups (broad SMARTS) is 1. The zero-order chi connectivity index (χ0) is 19.3. The van der Waals surface area contributed by atoms with Crippen molar-refractivity contribution in [1.82, 2.24) is 4.90 Å². The van der Waals surface area contributed by atoms with Gasteiger partial charge >= 0.3 is 5.97 Å². The molecule has 2 amide bonds. The molecule has 1 N–H and O–H groups in total. The van der Waals surface area contributed by atoms with Gasteiger partial charge in [0, 0.05) is 12.6 Å². The zero-order valence-corrected chi connectivity index (χ0v) is 15.3. The molecule has 1 aromatic carbocycles. The molecule has 1 aliphatic heterocycles. The highest BCUT2D eigenvalue weighted by Gasteiger charge is 2.31. The van der Waals surface area contributed by atoms with Gasteiger partial charge in [0.15, 0.2) is 18.1 Å². The van der Waals surface area contributed by atoms with Gasteiger partial charge in [0.2, 0.25) is 0 Å². The number of hydrogen-bond donors (Lipinski definition) is 1. The number of carbonyl (C=O) groups is 3. The molecule has 8 heteroatoms. The van der Waals surface area contributed by atoms with Crippen molar-refractivity contribution >= 4 is 35.0 Å². The number of aliphatic carboxylic acids is 1. The molecule has 1 aromatic rings. The monoisotopic (exact) mass is 377 g/mol. The molecule has 0 aliphatic carbocycles. The van der Waals surface area contributed by atoms with Gasteiger partial charge in [-0.05, 0) is 48.9 Å².